The van der Waals surface area contributed by atoms with Crippen molar-refractivity contribution < 1.29 is 0 Å². The number of benzene rings is 1. The van der Waals surface area contributed by atoms with E-state index >= 15 is 0 Å². The number of nitrogens with two attached hydrogens (primary N) is 1. The molecule has 0 amide bonds. The Morgan fingerprint density at radius 3 is 1.98 bits per heavy atom. The first-order chi connectivity index (χ1) is 21.1. The smallest absolute Gasteiger partial charge is 0.0691 e. The van der Waals surface area contributed by atoms with Gasteiger partial charge in [0.2, 0.25) is 0 Å². The molecule has 5 heterocycles. The second-order valence-electron chi connectivity index (χ2n) is 11.8. The number of aryl methyl sites for hydroxylation is 2. The number of unbranched alkanes of at least 4 members (excludes halogenated alkanes) is 6. The molecule has 43 heavy (non-hydrogen) atoms. The first kappa shape index (κ1) is 28.7. The van der Waals surface area contributed by atoms with Crippen molar-refractivity contribution in [2.75, 3.05) is 5.73 Å². The summed E-state index contributed by atoms with van der Waals surface area (Å²) >= 11 is 0. The third-order valence-corrected chi connectivity index (χ3v) is 8.56. The van der Waals surface area contributed by atoms with Crippen LogP contribution in [-0.2, 0) is 12.8 Å². The highest BCUT2D eigenvalue weighted by molar-refractivity contribution is 6.01. The van der Waals surface area contributed by atoms with Gasteiger partial charge in [0.1, 0.15) is 0 Å². The van der Waals surface area contributed by atoms with Gasteiger partial charge in [-0.1, -0.05) is 82.7 Å². The van der Waals surface area contributed by atoms with Gasteiger partial charge in [-0.05, 0) is 79.8 Å². The maximum absolute atomic E-state index is 7.06. The van der Waals surface area contributed by atoms with E-state index in [0.29, 0.717) is 0 Å². The van der Waals surface area contributed by atoms with Crippen LogP contribution in [0.2, 0.25) is 0 Å². The van der Waals surface area contributed by atoms with Gasteiger partial charge in [-0.25, -0.2) is 9.97 Å². The van der Waals surface area contributed by atoms with Crippen molar-refractivity contribution in [2.45, 2.75) is 78.1 Å². The van der Waals surface area contributed by atoms with E-state index < -0.39 is 0 Å². The molecule has 4 N–H and O–H groups in total. The molecular weight excluding hydrogens is 526 g/mol. The molecule has 0 unspecified atom stereocenters. The highest BCUT2D eigenvalue weighted by Crippen LogP contribution is 2.37. The molecule has 4 aromatic rings. The first-order valence-electron chi connectivity index (χ1n) is 16.1. The normalized spacial score (nSPS) is 12.3. The molecule has 0 saturated heterocycles. The summed E-state index contributed by atoms with van der Waals surface area (Å²) in [5.74, 6) is 0. The Morgan fingerprint density at radius 2 is 1.28 bits per heavy atom. The van der Waals surface area contributed by atoms with Crippen LogP contribution >= 0.6 is 0 Å². The lowest BCUT2D eigenvalue weighted by molar-refractivity contribution is 0.667. The summed E-state index contributed by atoms with van der Waals surface area (Å²) in [6.45, 7) is 4.51. The Balaban J connectivity index is 1.63. The van der Waals surface area contributed by atoms with E-state index in [0.717, 1.165) is 87.3 Å². The van der Waals surface area contributed by atoms with Crippen LogP contribution < -0.4 is 5.73 Å². The van der Waals surface area contributed by atoms with Crippen LogP contribution in [0.1, 0.15) is 99.1 Å². The number of rotatable bonds is 11. The molecule has 5 nitrogen and oxygen atoms in total. The molecule has 0 radical (unpaired) electrons. The van der Waals surface area contributed by atoms with Crippen molar-refractivity contribution >= 4 is 52.1 Å². The van der Waals surface area contributed by atoms with Crippen molar-refractivity contribution in [3.8, 4) is 11.1 Å². The zero-order valence-electron chi connectivity index (χ0n) is 25.5. The molecule has 6 rings (SSSR count). The van der Waals surface area contributed by atoms with Gasteiger partial charge in [0.25, 0.3) is 0 Å². The number of aromatic nitrogens is 4. The summed E-state index contributed by atoms with van der Waals surface area (Å²) in [7, 11) is 0. The van der Waals surface area contributed by atoms with Gasteiger partial charge >= 0.3 is 0 Å². The molecule has 2 aliphatic rings. The number of hydrogen-bond acceptors (Lipinski definition) is 3. The monoisotopic (exact) mass is 569 g/mol. The van der Waals surface area contributed by atoms with Gasteiger partial charge in [0.05, 0.1) is 39.5 Å². The van der Waals surface area contributed by atoms with Gasteiger partial charge in [-0.15, -0.1) is 0 Å². The predicted molar refractivity (Wildman–Crippen MR) is 184 cm³/mol. The molecule has 0 fully saturated rings. The maximum atomic E-state index is 7.06. The van der Waals surface area contributed by atoms with Crippen LogP contribution in [0.25, 0.3) is 57.5 Å². The molecular formula is C38H43N5. The second-order valence-corrected chi connectivity index (χ2v) is 11.8. The highest BCUT2D eigenvalue weighted by Gasteiger charge is 2.17. The largest absolute Gasteiger partial charge is 0.396 e. The molecule has 0 spiro atoms. The third-order valence-electron chi connectivity index (χ3n) is 8.56. The van der Waals surface area contributed by atoms with E-state index in [9.17, 15) is 0 Å². The zero-order valence-corrected chi connectivity index (χ0v) is 25.5. The van der Waals surface area contributed by atoms with E-state index in [1.807, 2.05) is 6.07 Å². The zero-order chi connectivity index (χ0) is 29.6. The van der Waals surface area contributed by atoms with Gasteiger partial charge in [0.15, 0.2) is 0 Å². The SMILES string of the molecule is CCCCCCc1c2nc(cc3[nH]c(c(N)c3-c3ccccc3)c(CCCCCC)c3nc(cc4ccc1[nH]4)C=C3)C=C2. The lowest BCUT2D eigenvalue weighted by Crippen LogP contribution is -1.95. The summed E-state index contributed by atoms with van der Waals surface area (Å²) in [5.41, 5.74) is 20.4. The molecule has 3 aromatic heterocycles. The minimum Gasteiger partial charge on any atom is -0.396 e. The fourth-order valence-corrected chi connectivity index (χ4v) is 6.27. The third kappa shape index (κ3) is 6.36. The minimum absolute atomic E-state index is 0.768. The summed E-state index contributed by atoms with van der Waals surface area (Å²) in [6, 6.07) is 19.1. The molecule has 1 aromatic carbocycles. The number of nitrogens with one attached hydrogen (secondary N) is 2. The van der Waals surface area contributed by atoms with Gasteiger partial charge in [-0.2, -0.15) is 0 Å². The topological polar surface area (TPSA) is 83.4 Å². The average Bonchev–Trinajstić information content (AvgIpc) is 3.83. The summed E-state index contributed by atoms with van der Waals surface area (Å²) < 4.78 is 0. The minimum atomic E-state index is 0.768. The van der Waals surface area contributed by atoms with Crippen molar-refractivity contribution in [3.05, 3.63) is 88.5 Å². The number of fused-ring (bicyclic) bond motifs is 8. The van der Waals surface area contributed by atoms with Crippen LogP contribution in [0.4, 0.5) is 5.69 Å². The molecule has 5 heteroatoms. The van der Waals surface area contributed by atoms with Crippen LogP contribution in [0.15, 0.2) is 54.6 Å². The number of H-pyrrole nitrogens is 2. The van der Waals surface area contributed by atoms with Crippen LogP contribution in [0.5, 0.6) is 0 Å². The molecule has 0 aliphatic carbocycles. The van der Waals surface area contributed by atoms with Crippen LogP contribution in [0, 0.1) is 0 Å². The van der Waals surface area contributed by atoms with Crippen LogP contribution in [-0.4, -0.2) is 19.9 Å². The van der Waals surface area contributed by atoms with Crippen molar-refractivity contribution in [3.63, 3.8) is 0 Å². The summed E-state index contributed by atoms with van der Waals surface area (Å²) in [4.78, 5) is 17.7. The number of nitrogens with zero attached hydrogens (tertiary/aromatic N) is 2. The molecule has 0 saturated carbocycles. The van der Waals surface area contributed by atoms with E-state index in [1.165, 1.54) is 49.7 Å². The van der Waals surface area contributed by atoms with E-state index in [1.54, 1.807) is 0 Å². The summed E-state index contributed by atoms with van der Waals surface area (Å²) in [5, 5.41) is 0. The lowest BCUT2D eigenvalue weighted by Gasteiger charge is -2.05. The fraction of sp³-hybridized carbons (Fsp3) is 0.316. The number of aromatic amines is 2. The van der Waals surface area contributed by atoms with Crippen molar-refractivity contribution in [2.24, 2.45) is 0 Å². The van der Waals surface area contributed by atoms with Crippen molar-refractivity contribution in [1.82, 2.24) is 19.9 Å². The Bertz CT molecular complexity index is 1800. The fourth-order valence-electron chi connectivity index (χ4n) is 6.27. The molecule has 2 aliphatic heterocycles. The predicted octanol–water partition coefficient (Wildman–Crippen LogP) is 10.2. The van der Waals surface area contributed by atoms with E-state index in [-0.39, 0.29) is 0 Å². The molecule has 8 bridgehead atoms. The highest BCUT2D eigenvalue weighted by atomic mass is 14.8. The lowest BCUT2D eigenvalue weighted by atomic mass is 10.0. The second kappa shape index (κ2) is 13.3. The first-order valence-corrected chi connectivity index (χ1v) is 16.1. The average molecular weight is 570 g/mol. The molecule has 220 valence electrons. The maximum Gasteiger partial charge on any atom is 0.0691 e. The molecule has 0 atom stereocenters. The Hall–Kier alpha value is -4.38. The Morgan fingerprint density at radius 1 is 0.628 bits per heavy atom. The van der Waals surface area contributed by atoms with Crippen molar-refractivity contribution in [1.29, 1.82) is 0 Å². The quantitative estimate of drug-likeness (QED) is 0.136. The Labute approximate surface area is 255 Å². The van der Waals surface area contributed by atoms with Gasteiger partial charge in [-0.3, -0.25) is 0 Å². The van der Waals surface area contributed by atoms with Gasteiger partial charge in [0, 0.05) is 27.7 Å². The van der Waals surface area contributed by atoms with E-state index in [2.05, 4.69) is 96.7 Å². The number of hydrogen-bond donors (Lipinski definition) is 3. The summed E-state index contributed by atoms with van der Waals surface area (Å²) in [6.07, 6.45) is 20.0. The number of nitrogen functional groups attached to an aromatic ring is 1. The van der Waals surface area contributed by atoms with Crippen LogP contribution in [0.3, 0.4) is 0 Å². The standard InChI is InChI=1S/C38H43N5/c1-3-5-7-12-16-30-32-21-18-27(40-32)24-28-19-23-34(41-28)31(17-13-8-6-4-2)38-37(39)36(26-14-10-9-11-15-26)35(43-38)25-29-20-22-33(30)42-29/h9-11,14-15,18-25,40,43H,3-8,12-13,16-17,39H2,1-2H3. The van der Waals surface area contributed by atoms with Gasteiger partial charge < -0.3 is 15.7 Å². The Kier molecular flexibility index (Phi) is 8.88. The van der Waals surface area contributed by atoms with E-state index in [4.69, 9.17) is 15.7 Å². The number of anilines is 1.